The maximum absolute atomic E-state index is 11.8. The van der Waals surface area contributed by atoms with Crippen molar-refractivity contribution in [3.8, 4) is 5.95 Å². The van der Waals surface area contributed by atoms with E-state index in [-0.39, 0.29) is 34.7 Å². The monoisotopic (exact) mass is 332 g/mol. The number of carbonyl (C=O) groups is 1. The number of halogens is 2. The number of carbonyl (C=O) groups excluding carboxylic acids is 1. The fourth-order valence-electron chi connectivity index (χ4n) is 1.66. The third kappa shape index (κ3) is 3.47. The molecule has 0 aliphatic rings. The van der Waals surface area contributed by atoms with Crippen LogP contribution in [0.1, 0.15) is 6.92 Å². The zero-order valence-electron chi connectivity index (χ0n) is 11.3. The Balaban J connectivity index is 0.00000220. The lowest BCUT2D eigenvalue weighted by molar-refractivity contribution is -0.117. The summed E-state index contributed by atoms with van der Waals surface area (Å²) < 4.78 is 9.81. The van der Waals surface area contributed by atoms with Gasteiger partial charge in [-0.1, -0.05) is 17.7 Å². The van der Waals surface area contributed by atoms with Gasteiger partial charge in [0.25, 0.3) is 0 Å². The van der Waals surface area contributed by atoms with E-state index in [0.29, 0.717) is 11.1 Å². The van der Waals surface area contributed by atoms with Crippen molar-refractivity contribution in [3.05, 3.63) is 33.6 Å². The van der Waals surface area contributed by atoms with Crippen molar-refractivity contribution in [2.45, 2.75) is 13.0 Å². The Morgan fingerprint density at radius 2 is 2.10 bits per heavy atom. The minimum atomic E-state index is -0.651. The highest BCUT2D eigenvalue weighted by Crippen LogP contribution is 2.31. The lowest BCUT2D eigenvalue weighted by Gasteiger charge is -2.09. The van der Waals surface area contributed by atoms with Gasteiger partial charge in [-0.05, 0) is 19.1 Å². The molecular weight excluding hydrogens is 319 g/mol. The quantitative estimate of drug-likeness (QED) is 0.898. The highest BCUT2D eigenvalue weighted by molar-refractivity contribution is 6.36. The second-order valence-corrected chi connectivity index (χ2v) is 4.61. The maximum Gasteiger partial charge on any atom is 0.346 e. The second-order valence-electron chi connectivity index (χ2n) is 4.23. The SMILES string of the molecule is COc1oc(=O)c2cc(NC(=O)C(C)N)ccc2c1Cl.Cl. The van der Waals surface area contributed by atoms with Crippen LogP contribution >= 0.6 is 24.0 Å². The third-order valence-electron chi connectivity index (χ3n) is 2.71. The van der Waals surface area contributed by atoms with Crippen molar-refractivity contribution >= 4 is 46.4 Å². The molecule has 1 atom stereocenters. The summed E-state index contributed by atoms with van der Waals surface area (Å²) in [6.45, 7) is 1.56. The Labute approximate surface area is 131 Å². The molecule has 1 unspecified atom stereocenters. The molecule has 0 aliphatic carbocycles. The van der Waals surface area contributed by atoms with Crippen LogP contribution in [0.2, 0.25) is 5.02 Å². The molecule has 0 aliphatic heterocycles. The van der Waals surface area contributed by atoms with Gasteiger partial charge in [0.2, 0.25) is 5.91 Å². The topological polar surface area (TPSA) is 94.6 Å². The van der Waals surface area contributed by atoms with Gasteiger partial charge < -0.3 is 20.2 Å². The van der Waals surface area contributed by atoms with Crippen molar-refractivity contribution in [2.75, 3.05) is 12.4 Å². The first-order chi connectivity index (χ1) is 9.43. The summed E-state index contributed by atoms with van der Waals surface area (Å²) in [5.74, 6) is -0.398. The number of anilines is 1. The van der Waals surface area contributed by atoms with Crippen LogP contribution in [-0.4, -0.2) is 19.1 Å². The van der Waals surface area contributed by atoms with E-state index in [4.69, 9.17) is 26.5 Å². The van der Waals surface area contributed by atoms with Crippen LogP contribution in [0.25, 0.3) is 10.8 Å². The van der Waals surface area contributed by atoms with Gasteiger partial charge in [-0.3, -0.25) is 4.79 Å². The molecule has 2 rings (SSSR count). The van der Waals surface area contributed by atoms with Crippen molar-refractivity contribution in [1.82, 2.24) is 0 Å². The predicted molar refractivity (Wildman–Crippen MR) is 83.6 cm³/mol. The van der Waals surface area contributed by atoms with Gasteiger partial charge in [-0.25, -0.2) is 4.79 Å². The summed E-state index contributed by atoms with van der Waals surface area (Å²) in [6, 6.07) is 4.05. The highest BCUT2D eigenvalue weighted by Gasteiger charge is 2.14. The lowest BCUT2D eigenvalue weighted by Crippen LogP contribution is -2.32. The first-order valence-corrected chi connectivity index (χ1v) is 6.18. The number of amides is 1. The molecule has 0 bridgehead atoms. The molecule has 1 aromatic heterocycles. The first kappa shape index (κ1) is 17.3. The number of rotatable bonds is 3. The first-order valence-electron chi connectivity index (χ1n) is 5.81. The van der Waals surface area contributed by atoms with Crippen LogP contribution in [0.15, 0.2) is 27.4 Å². The van der Waals surface area contributed by atoms with E-state index >= 15 is 0 Å². The van der Waals surface area contributed by atoms with E-state index in [2.05, 4.69) is 5.32 Å². The van der Waals surface area contributed by atoms with E-state index in [9.17, 15) is 9.59 Å². The molecular formula is C13H14Cl2N2O4. The van der Waals surface area contributed by atoms with Crippen LogP contribution in [0, 0.1) is 0 Å². The van der Waals surface area contributed by atoms with E-state index in [1.54, 1.807) is 19.1 Å². The number of hydrogen-bond donors (Lipinski definition) is 2. The summed E-state index contributed by atoms with van der Waals surface area (Å²) >= 11 is 6.06. The molecule has 1 aromatic carbocycles. The molecule has 3 N–H and O–H groups in total. The van der Waals surface area contributed by atoms with Gasteiger partial charge in [-0.15, -0.1) is 12.4 Å². The minimum absolute atomic E-state index is 0. The smallest absolute Gasteiger partial charge is 0.346 e. The molecule has 1 amide bonds. The molecule has 6 nitrogen and oxygen atoms in total. The van der Waals surface area contributed by atoms with Gasteiger partial charge >= 0.3 is 11.6 Å². The van der Waals surface area contributed by atoms with Gasteiger partial charge in [0, 0.05) is 11.1 Å². The fourth-order valence-corrected chi connectivity index (χ4v) is 1.94. The van der Waals surface area contributed by atoms with Crippen LogP contribution < -0.4 is 21.4 Å². The largest absolute Gasteiger partial charge is 0.467 e. The van der Waals surface area contributed by atoms with Crippen LogP contribution in [0.3, 0.4) is 0 Å². The zero-order chi connectivity index (χ0) is 14.9. The van der Waals surface area contributed by atoms with Gasteiger partial charge in [-0.2, -0.15) is 0 Å². The molecule has 21 heavy (non-hydrogen) atoms. The average Bonchev–Trinajstić information content (AvgIpc) is 2.42. The normalized spacial score (nSPS) is 11.6. The number of nitrogens with one attached hydrogen (secondary N) is 1. The number of nitrogens with two attached hydrogens (primary N) is 1. The molecule has 0 spiro atoms. The zero-order valence-corrected chi connectivity index (χ0v) is 12.9. The molecule has 8 heteroatoms. The predicted octanol–water partition coefficient (Wildman–Crippen LogP) is 2.16. The fraction of sp³-hybridized carbons (Fsp3) is 0.231. The molecule has 114 valence electrons. The Bertz CT molecular complexity index is 728. The van der Waals surface area contributed by atoms with Gasteiger partial charge in [0.15, 0.2) is 0 Å². The molecule has 0 saturated heterocycles. The Hall–Kier alpha value is -1.76. The Morgan fingerprint density at radius 1 is 1.43 bits per heavy atom. The van der Waals surface area contributed by atoms with E-state index in [1.165, 1.54) is 13.2 Å². The molecule has 1 heterocycles. The Morgan fingerprint density at radius 3 is 2.67 bits per heavy atom. The third-order valence-corrected chi connectivity index (χ3v) is 3.06. The van der Waals surface area contributed by atoms with Gasteiger partial charge in [0.1, 0.15) is 5.02 Å². The molecule has 0 radical (unpaired) electrons. The van der Waals surface area contributed by atoms with Crippen molar-refractivity contribution in [3.63, 3.8) is 0 Å². The maximum atomic E-state index is 11.8. The van der Waals surface area contributed by atoms with Crippen molar-refractivity contribution < 1.29 is 13.9 Å². The molecule has 0 saturated carbocycles. The summed E-state index contributed by atoms with van der Waals surface area (Å²) in [4.78, 5) is 23.4. The summed E-state index contributed by atoms with van der Waals surface area (Å²) in [5.41, 5.74) is 5.30. The van der Waals surface area contributed by atoms with Crippen molar-refractivity contribution in [1.29, 1.82) is 0 Å². The minimum Gasteiger partial charge on any atom is -0.467 e. The number of hydrogen-bond acceptors (Lipinski definition) is 5. The second kappa shape index (κ2) is 6.80. The summed E-state index contributed by atoms with van der Waals surface area (Å²) in [6.07, 6.45) is 0. The van der Waals surface area contributed by atoms with E-state index in [0.717, 1.165) is 0 Å². The van der Waals surface area contributed by atoms with Crippen LogP contribution in [0.4, 0.5) is 5.69 Å². The number of benzene rings is 1. The molecule has 2 aromatic rings. The highest BCUT2D eigenvalue weighted by atomic mass is 35.5. The summed E-state index contributed by atoms with van der Waals surface area (Å²) in [7, 11) is 1.35. The number of ether oxygens (including phenoxy) is 1. The van der Waals surface area contributed by atoms with Crippen LogP contribution in [0.5, 0.6) is 5.95 Å². The lowest BCUT2D eigenvalue weighted by atomic mass is 10.1. The Kier molecular flexibility index (Phi) is 5.60. The van der Waals surface area contributed by atoms with Crippen LogP contribution in [-0.2, 0) is 4.79 Å². The number of methoxy groups -OCH3 is 1. The van der Waals surface area contributed by atoms with E-state index < -0.39 is 11.7 Å². The van der Waals surface area contributed by atoms with E-state index in [1.807, 2.05) is 0 Å². The standard InChI is InChI=1S/C13H13ClN2O4.ClH/c1-6(15)11(17)16-7-3-4-8-9(5-7)12(18)20-13(19-2)10(8)14;/h3-6H,15H2,1-2H3,(H,16,17);1H. The van der Waals surface area contributed by atoms with Crippen molar-refractivity contribution in [2.24, 2.45) is 5.73 Å². The molecule has 0 fully saturated rings. The number of fused-ring (bicyclic) bond motifs is 1. The summed E-state index contributed by atoms with van der Waals surface area (Å²) in [5, 5.41) is 3.52. The van der Waals surface area contributed by atoms with Gasteiger partial charge in [0.05, 0.1) is 18.5 Å². The average molecular weight is 333 g/mol.